The van der Waals surface area contributed by atoms with Gasteiger partial charge in [-0.15, -0.1) is 11.8 Å². The minimum absolute atomic E-state index is 0.109. The molecule has 1 unspecified atom stereocenters. The van der Waals surface area contributed by atoms with E-state index < -0.39 is 56.7 Å². The molecule has 0 radical (unpaired) electrons. The number of esters is 1. The maximum atomic E-state index is 12.5. The predicted octanol–water partition coefficient (Wildman–Crippen LogP) is 0.456. The van der Waals surface area contributed by atoms with Crippen LogP contribution in [-0.2, 0) is 38.1 Å². The van der Waals surface area contributed by atoms with Gasteiger partial charge in [0, 0.05) is 11.7 Å². The fourth-order valence-corrected chi connectivity index (χ4v) is 5.01. The van der Waals surface area contributed by atoms with E-state index in [-0.39, 0.29) is 6.61 Å². The van der Waals surface area contributed by atoms with Crippen LogP contribution in [0, 0.1) is 0 Å². The van der Waals surface area contributed by atoms with Gasteiger partial charge in [0.05, 0.1) is 12.9 Å². The summed E-state index contributed by atoms with van der Waals surface area (Å²) in [5.74, 6) is -1.38. The van der Waals surface area contributed by atoms with Crippen LogP contribution in [0.2, 0.25) is 0 Å². The molecule has 0 N–H and O–H groups in total. The minimum Gasteiger partial charge on any atom is -0.435 e. The van der Waals surface area contributed by atoms with E-state index in [1.807, 2.05) is 0 Å². The van der Waals surface area contributed by atoms with Crippen molar-refractivity contribution in [2.75, 3.05) is 12.9 Å². The largest absolute Gasteiger partial charge is 0.511 e. The summed E-state index contributed by atoms with van der Waals surface area (Å²) < 4.78 is 41.1. The van der Waals surface area contributed by atoms with Crippen LogP contribution in [-0.4, -0.2) is 72.8 Å². The molecular weight excluding hydrogens is 390 g/mol. The normalized spacial score (nSPS) is 28.0. The van der Waals surface area contributed by atoms with Gasteiger partial charge in [0.2, 0.25) is 6.29 Å². The Labute approximate surface area is 155 Å². The van der Waals surface area contributed by atoms with Gasteiger partial charge in [-0.05, 0) is 20.8 Å². The molecule has 0 aromatic carbocycles. The molecule has 0 aromatic heterocycles. The lowest BCUT2D eigenvalue weighted by Crippen LogP contribution is -2.66. The number of hydrogen-bond donors (Lipinski definition) is 0. The van der Waals surface area contributed by atoms with Crippen LogP contribution in [0.3, 0.4) is 0 Å². The van der Waals surface area contributed by atoms with Gasteiger partial charge in [0.25, 0.3) is 16.0 Å². The van der Waals surface area contributed by atoms with Crippen molar-refractivity contribution in [2.45, 2.75) is 56.3 Å². The summed E-state index contributed by atoms with van der Waals surface area (Å²) >= 11 is 1.24. The molecule has 1 amide bonds. The third-order valence-electron chi connectivity index (χ3n) is 3.70. The van der Waals surface area contributed by atoms with Crippen molar-refractivity contribution in [3.8, 4) is 0 Å². The van der Waals surface area contributed by atoms with Crippen LogP contribution in [0.25, 0.3) is 0 Å². The number of hydrogen-bond acceptors (Lipinski definition) is 10. The second-order valence-corrected chi connectivity index (χ2v) is 9.66. The van der Waals surface area contributed by atoms with Crippen molar-refractivity contribution in [1.82, 2.24) is 4.90 Å². The van der Waals surface area contributed by atoms with Crippen molar-refractivity contribution in [3.63, 3.8) is 0 Å². The third-order valence-corrected chi connectivity index (χ3v) is 5.80. The molecule has 0 aliphatic carbocycles. The van der Waals surface area contributed by atoms with Crippen LogP contribution in [0.15, 0.2) is 0 Å². The Bertz CT molecular complexity index is 705. The summed E-state index contributed by atoms with van der Waals surface area (Å²) in [6, 6.07) is -0.974. The lowest BCUT2D eigenvalue weighted by Gasteiger charge is -2.42. The first-order valence-electron chi connectivity index (χ1n) is 7.79. The van der Waals surface area contributed by atoms with Gasteiger partial charge in [-0.25, -0.2) is 9.59 Å². The zero-order chi connectivity index (χ0) is 19.9. The second-order valence-electron chi connectivity index (χ2n) is 6.29. The van der Waals surface area contributed by atoms with E-state index in [9.17, 15) is 22.8 Å². The third kappa shape index (κ3) is 4.23. The Hall–Kier alpha value is -1.53. The average Bonchev–Trinajstić information content (AvgIpc) is 2.72. The number of thioether (sulfide) groups is 1. The minimum atomic E-state index is -3.82. The van der Waals surface area contributed by atoms with Crippen molar-refractivity contribution < 1.29 is 41.2 Å². The quantitative estimate of drug-likeness (QED) is 0.263. The first kappa shape index (κ1) is 20.8. The number of fused-ring (bicyclic) bond motifs is 1. The molecular formula is C14H21NO9S2. The molecule has 2 aliphatic heterocycles. The van der Waals surface area contributed by atoms with Gasteiger partial charge in [-0.2, -0.15) is 8.42 Å². The molecule has 26 heavy (non-hydrogen) atoms. The molecule has 2 saturated heterocycles. The number of ether oxygens (including phenoxy) is 3. The maximum absolute atomic E-state index is 12.5. The highest BCUT2D eigenvalue weighted by Crippen LogP contribution is 2.52. The highest BCUT2D eigenvalue weighted by molar-refractivity contribution is 8.01. The lowest BCUT2D eigenvalue weighted by molar-refractivity contribution is -0.183. The number of β-lactam (4-membered cyclic amide) rings is 1. The number of carbonyl (C=O) groups excluding carboxylic acids is 3. The van der Waals surface area contributed by atoms with E-state index in [2.05, 4.69) is 4.74 Å². The highest BCUT2D eigenvalue weighted by Gasteiger charge is 2.65. The fourth-order valence-electron chi connectivity index (χ4n) is 2.78. The van der Waals surface area contributed by atoms with Crippen molar-refractivity contribution >= 4 is 39.9 Å². The van der Waals surface area contributed by atoms with E-state index in [4.69, 9.17) is 13.7 Å². The van der Waals surface area contributed by atoms with Crippen LogP contribution >= 0.6 is 11.8 Å². The summed E-state index contributed by atoms with van der Waals surface area (Å²) in [4.78, 5) is 37.3. The van der Waals surface area contributed by atoms with Crippen LogP contribution < -0.4 is 0 Å². The zero-order valence-corrected chi connectivity index (χ0v) is 16.6. The zero-order valence-electron chi connectivity index (χ0n) is 15.0. The number of rotatable bonds is 6. The van der Waals surface area contributed by atoms with Gasteiger partial charge in [0.15, 0.2) is 6.10 Å². The molecule has 0 bridgehead atoms. The molecule has 0 saturated carbocycles. The van der Waals surface area contributed by atoms with Gasteiger partial charge in [-0.3, -0.25) is 8.98 Å². The summed E-state index contributed by atoms with van der Waals surface area (Å²) in [5, 5.41) is -0.619. The number of amides is 1. The first-order valence-corrected chi connectivity index (χ1v) is 10.5. The van der Waals surface area contributed by atoms with Crippen molar-refractivity contribution in [1.29, 1.82) is 0 Å². The summed E-state index contributed by atoms with van der Waals surface area (Å²) in [5.41, 5.74) is 0. The lowest BCUT2D eigenvalue weighted by atomic mass is 9.97. The van der Waals surface area contributed by atoms with Crippen molar-refractivity contribution in [2.24, 2.45) is 0 Å². The number of nitrogens with zero attached hydrogens (tertiary/aromatic N) is 1. The monoisotopic (exact) mass is 411 g/mol. The van der Waals surface area contributed by atoms with Gasteiger partial charge in [0.1, 0.15) is 11.4 Å². The molecule has 2 aliphatic rings. The average molecular weight is 411 g/mol. The second kappa shape index (κ2) is 7.24. The van der Waals surface area contributed by atoms with E-state index in [0.29, 0.717) is 0 Å². The topological polar surface area (TPSA) is 126 Å². The first-order chi connectivity index (χ1) is 11.9. The molecule has 10 nitrogen and oxygen atoms in total. The fraction of sp³-hybridized carbons (Fsp3) is 0.786. The molecule has 2 heterocycles. The molecule has 2 fully saturated rings. The summed E-state index contributed by atoms with van der Waals surface area (Å²) in [6.07, 6.45) is -2.50. The predicted molar refractivity (Wildman–Crippen MR) is 89.5 cm³/mol. The molecule has 2 rings (SSSR count). The smallest absolute Gasteiger partial charge is 0.435 e. The van der Waals surface area contributed by atoms with Crippen LogP contribution in [0.1, 0.15) is 27.7 Å². The van der Waals surface area contributed by atoms with Crippen LogP contribution in [0.4, 0.5) is 4.79 Å². The van der Waals surface area contributed by atoms with E-state index >= 15 is 0 Å². The molecule has 0 aromatic rings. The van der Waals surface area contributed by atoms with Gasteiger partial charge in [-0.1, -0.05) is 0 Å². The van der Waals surface area contributed by atoms with Crippen LogP contribution in [0.5, 0.6) is 0 Å². The summed E-state index contributed by atoms with van der Waals surface area (Å²) in [7, 11) is -3.82. The molecule has 0 spiro atoms. The SMILES string of the molecule is CCOC(=O)OC(C)OC(=O)[C@@H]1N2C(=O)[C@@H](OS(C)(=O)=O)[C@H]2SC1(C)C. The Morgan fingerprint density at radius 2 is 1.92 bits per heavy atom. The van der Waals surface area contributed by atoms with Gasteiger partial charge < -0.3 is 19.1 Å². The Morgan fingerprint density at radius 3 is 2.46 bits per heavy atom. The van der Waals surface area contributed by atoms with E-state index in [1.165, 1.54) is 23.6 Å². The van der Waals surface area contributed by atoms with Crippen molar-refractivity contribution in [3.05, 3.63) is 0 Å². The van der Waals surface area contributed by atoms with E-state index in [1.54, 1.807) is 20.8 Å². The maximum Gasteiger partial charge on any atom is 0.511 e. The number of carbonyl (C=O) groups is 3. The molecule has 4 atom stereocenters. The van der Waals surface area contributed by atoms with E-state index in [0.717, 1.165) is 6.26 Å². The highest BCUT2D eigenvalue weighted by atomic mass is 32.2. The Morgan fingerprint density at radius 1 is 1.31 bits per heavy atom. The molecule has 148 valence electrons. The Kier molecular flexibility index (Phi) is 5.78. The molecule has 12 heteroatoms. The Balaban J connectivity index is 2.06. The summed E-state index contributed by atoms with van der Waals surface area (Å²) in [6.45, 7) is 6.50. The standard InChI is InChI=1S/C14H21NO9S2/c1-6-21-13(18)23-7(2)22-12(17)9-14(3,4)25-11-8(10(16)15(9)11)24-26(5,19)20/h7-9,11H,6H2,1-5H3/t7?,8-,9+,11-/m1/s1. The van der Waals surface area contributed by atoms with Gasteiger partial charge >= 0.3 is 12.1 Å².